The summed E-state index contributed by atoms with van der Waals surface area (Å²) in [7, 11) is -2.31. The lowest BCUT2D eigenvalue weighted by Gasteiger charge is -2.42. The summed E-state index contributed by atoms with van der Waals surface area (Å²) in [4.78, 5) is 138. The molecule has 3 heterocycles. The summed E-state index contributed by atoms with van der Waals surface area (Å²) in [5.41, 5.74) is -2.56. The zero-order valence-corrected chi connectivity index (χ0v) is 59.5. The molecule has 640 valence electrons. The number of rotatable bonds is 47. The van der Waals surface area contributed by atoms with Crippen molar-refractivity contribution >= 4 is 55.5 Å². The molecule has 0 spiro atoms. The largest absolute Gasteiger partial charge is 0.480 e. The highest BCUT2D eigenvalue weighted by Gasteiger charge is 2.52. The van der Waals surface area contributed by atoms with Gasteiger partial charge in [-0.1, -0.05) is 0 Å². The number of ether oxygens (including phenoxy) is 6. The van der Waals surface area contributed by atoms with E-state index in [1.54, 1.807) is 19.0 Å². The van der Waals surface area contributed by atoms with Crippen molar-refractivity contribution in [2.75, 3.05) is 119 Å². The second kappa shape index (κ2) is 49.9. The fourth-order valence-corrected chi connectivity index (χ4v) is 12.0. The minimum atomic E-state index is -5.42. The molecule has 0 aromatic carbocycles. The first-order chi connectivity index (χ1) is 51.3. The molecule has 32 N–H and O–H groups in total. The highest BCUT2D eigenvalue weighted by atomic mass is 31.2. The number of carbonyl (C=O) groups excluding carboxylic acids is 8. The average molecular weight is 1640 g/mol. The van der Waals surface area contributed by atoms with Crippen LogP contribution in [0.4, 0.5) is 0 Å². The molecule has 0 bridgehead atoms. The minimum absolute atomic E-state index is 0.0330. The Labute approximate surface area is 622 Å². The van der Waals surface area contributed by atoms with Gasteiger partial charge in [-0.3, -0.25) is 43.1 Å². The van der Waals surface area contributed by atoms with Crippen molar-refractivity contribution in [1.29, 1.82) is 0 Å². The lowest BCUT2D eigenvalue weighted by molar-refractivity contribution is -0.326. The predicted molar refractivity (Wildman–Crippen MR) is 343 cm³/mol. The van der Waals surface area contributed by atoms with Crippen LogP contribution in [0.25, 0.3) is 0 Å². The van der Waals surface area contributed by atoms with Crippen LogP contribution in [0.3, 0.4) is 0 Å². The van der Waals surface area contributed by atoms with Gasteiger partial charge in [-0.15, -0.1) is 0 Å². The fourth-order valence-electron chi connectivity index (χ4n) is 10.8. The average Bonchev–Trinajstić information content (AvgIpc) is 0.811. The first-order valence-corrected chi connectivity index (χ1v) is 34.5. The van der Waals surface area contributed by atoms with Crippen molar-refractivity contribution in [2.45, 2.75) is 184 Å². The maximum Gasteiger partial charge on any atom is 0.373 e. The van der Waals surface area contributed by atoms with Crippen LogP contribution in [0.1, 0.15) is 12.8 Å². The molecule has 28 unspecified atom stereocenters. The lowest BCUT2D eigenvalue weighted by Crippen LogP contribution is -2.63. The minimum Gasteiger partial charge on any atom is -0.480 e. The van der Waals surface area contributed by atoms with Crippen LogP contribution in [0.15, 0.2) is 0 Å². The Morgan fingerprint density at radius 2 is 0.736 bits per heavy atom. The van der Waals surface area contributed by atoms with Crippen LogP contribution in [0.5, 0.6) is 0 Å². The van der Waals surface area contributed by atoms with Crippen molar-refractivity contribution in [3.05, 3.63) is 0 Å². The molecule has 0 aliphatic carbocycles. The summed E-state index contributed by atoms with van der Waals surface area (Å²) >= 11 is 0. The van der Waals surface area contributed by atoms with E-state index in [1.165, 1.54) is 0 Å². The Kier molecular flexibility index (Phi) is 46.5. The standard InChI is InChI=1S/C55H102N7O41P.2CO2/c1-60(2)5-7-62(8-6-61(9-29(73)74)10-30(75)76)28(104(95,96)97)4-3-27(72)56-17-55(18-57-49(92)40(86)37(83)46(21(69)11-63)101-52-43(89)34(80)31(77)24(14-66)98-52,19-58-50(93)41(87)38(84)47(22(70)12-64)102-53-44(90)35(81)32(78)25(15-67)99-53)20-59-51(94)42(88)39(85)48(23(71)13-65)103-54-45(91)36(82)33(79)26(16-68)100-54;2*2-1-3/h21-26,28,31-48,52-54,63-71,77-91H,3-20H2,1-2H3,(H,56,72)(H,57,92)(H,58,93)(H,59,94)(H,73,74)(H,75,76)(H2,95,96,97);;. The summed E-state index contributed by atoms with van der Waals surface area (Å²) in [5, 5.41) is 281. The SMILES string of the molecule is CN(C)CCN(CCN(CC(=O)O)CC(=O)O)C(CCC(=O)NCC(CNC(=O)C(O)C(O)C(OC1OC(CO)C(O)C(O)C1O)C(O)CO)(CNC(=O)C(O)C(O)C(OC1OC(CO)C(O)C(O)C1O)C(O)CO)CNC(=O)C(O)C(O)C(OC1OC(CO)C(O)C(O)C1O)C(O)CO)P(=O)(O)O.O=C=O.O=C=O. The third-order valence-corrected chi connectivity index (χ3v) is 18.5. The molecule has 3 saturated heterocycles. The van der Waals surface area contributed by atoms with Gasteiger partial charge < -0.3 is 197 Å². The van der Waals surface area contributed by atoms with Crippen LogP contribution < -0.4 is 21.3 Å². The number of likely N-dealkylation sites (N-methyl/N-ethyl adjacent to an activating group) is 1. The van der Waals surface area contributed by atoms with Crippen LogP contribution in [-0.2, 0) is 80.9 Å². The summed E-state index contributed by atoms with van der Waals surface area (Å²) in [6.45, 7) is -15.3. The molecular formula is C57H102N7O45P. The Bertz CT molecular complexity index is 2650. The van der Waals surface area contributed by atoms with Crippen molar-refractivity contribution in [3.8, 4) is 0 Å². The van der Waals surface area contributed by atoms with E-state index in [9.17, 15) is 176 Å². The molecule has 3 aliphatic rings. The molecule has 28 atom stereocenters. The van der Waals surface area contributed by atoms with Gasteiger partial charge in [0.1, 0.15) is 134 Å². The van der Waals surface area contributed by atoms with Crippen molar-refractivity contribution in [2.24, 2.45) is 5.41 Å². The highest BCUT2D eigenvalue weighted by Crippen LogP contribution is 2.45. The number of amides is 4. The monoisotopic (exact) mass is 1640 g/mol. The summed E-state index contributed by atoms with van der Waals surface area (Å²) in [6.07, 6.45) is -64.6. The number of aliphatic hydroxyl groups excluding tert-OH is 24. The number of nitrogens with one attached hydrogen (secondary N) is 4. The van der Waals surface area contributed by atoms with Gasteiger partial charge in [-0.25, -0.2) is 0 Å². The van der Waals surface area contributed by atoms with E-state index < -0.39 is 325 Å². The van der Waals surface area contributed by atoms with Gasteiger partial charge >= 0.3 is 31.8 Å². The number of hydrogen-bond acceptors (Lipinski definition) is 44. The molecule has 3 rings (SSSR count). The molecular weight excluding hydrogens is 1530 g/mol. The zero-order chi connectivity index (χ0) is 84.6. The normalized spacial score (nSPS) is 28.4. The molecule has 52 nitrogen and oxygen atoms in total. The van der Waals surface area contributed by atoms with E-state index in [0.29, 0.717) is 0 Å². The lowest BCUT2D eigenvalue weighted by atomic mass is 9.86. The number of aliphatic carboxylic acids is 2. The van der Waals surface area contributed by atoms with E-state index in [1.807, 2.05) is 16.0 Å². The van der Waals surface area contributed by atoms with E-state index >= 15 is 0 Å². The molecule has 3 aliphatic heterocycles. The Hall–Kier alpha value is -5.59. The van der Waals surface area contributed by atoms with Crippen LogP contribution in [0.2, 0.25) is 0 Å². The van der Waals surface area contributed by atoms with Crippen LogP contribution in [-0.4, -0.2) is 495 Å². The van der Waals surface area contributed by atoms with E-state index in [4.69, 9.17) is 47.6 Å². The van der Waals surface area contributed by atoms with Gasteiger partial charge in [0, 0.05) is 64.2 Å². The van der Waals surface area contributed by atoms with Crippen molar-refractivity contribution in [1.82, 2.24) is 36.0 Å². The molecule has 0 radical (unpaired) electrons. The van der Waals surface area contributed by atoms with Gasteiger partial charge in [0.05, 0.1) is 52.7 Å². The second-order valence-corrected chi connectivity index (χ2v) is 27.3. The van der Waals surface area contributed by atoms with Gasteiger partial charge in [-0.2, -0.15) is 19.2 Å². The third-order valence-electron chi connectivity index (χ3n) is 17.2. The first-order valence-electron chi connectivity index (χ1n) is 32.9. The summed E-state index contributed by atoms with van der Waals surface area (Å²) in [6, 6.07) is 0. The van der Waals surface area contributed by atoms with Gasteiger partial charge in [0.15, 0.2) is 37.2 Å². The van der Waals surface area contributed by atoms with Gasteiger partial charge in [0.2, 0.25) is 5.91 Å². The zero-order valence-electron chi connectivity index (χ0n) is 58.6. The van der Waals surface area contributed by atoms with E-state index in [2.05, 4.69) is 5.32 Å². The molecule has 110 heavy (non-hydrogen) atoms. The van der Waals surface area contributed by atoms with E-state index in [0.717, 1.165) is 9.80 Å². The quantitative estimate of drug-likeness (QED) is 0.0252. The van der Waals surface area contributed by atoms with Crippen LogP contribution >= 0.6 is 7.60 Å². The first kappa shape index (κ1) is 102. The molecule has 53 heteroatoms. The molecule has 0 saturated carbocycles. The maximum absolute atomic E-state index is 14.2. The second-order valence-electron chi connectivity index (χ2n) is 25.5. The number of hydrogen-bond donors (Lipinski definition) is 32. The molecule has 3 fully saturated rings. The number of nitrogens with zero attached hydrogens (tertiary/aromatic N) is 3. The molecule has 4 amide bonds. The number of carbonyl (C=O) groups is 6. The van der Waals surface area contributed by atoms with Crippen LogP contribution in [0, 0.1) is 5.41 Å². The smallest absolute Gasteiger partial charge is 0.373 e. The summed E-state index contributed by atoms with van der Waals surface area (Å²) < 4.78 is 45.1. The third kappa shape index (κ3) is 31.3. The van der Waals surface area contributed by atoms with E-state index in [-0.39, 0.29) is 25.4 Å². The van der Waals surface area contributed by atoms with Gasteiger partial charge in [-0.05, 0) is 20.5 Å². The summed E-state index contributed by atoms with van der Waals surface area (Å²) in [5.74, 6) is -11.6. The Morgan fingerprint density at radius 3 is 0.991 bits per heavy atom. The number of carboxylic acids is 2. The maximum atomic E-state index is 14.2. The number of carboxylic acid groups (broad SMARTS) is 2. The van der Waals surface area contributed by atoms with Crippen molar-refractivity contribution < 1.29 is 223 Å². The Morgan fingerprint density at radius 1 is 0.455 bits per heavy atom. The predicted octanol–water partition coefficient (Wildman–Crippen LogP) is -21.3. The Balaban J connectivity index is 0.00000974. The topological polar surface area (TPSA) is 867 Å². The van der Waals surface area contributed by atoms with Crippen molar-refractivity contribution in [3.63, 3.8) is 0 Å². The van der Waals surface area contributed by atoms with Gasteiger partial charge in [0.25, 0.3) is 17.7 Å². The molecule has 0 aromatic rings. The highest BCUT2D eigenvalue weighted by molar-refractivity contribution is 7.52. The fraction of sp³-hybridized carbons (Fsp3) is 0.860. The number of aliphatic hydroxyl groups is 24. The molecule has 0 aromatic heterocycles.